The standard InChI is InChI=1S/C21H26N6O2S2/c1-4-7-13-29-16-10-8-15(9-11-16)19-24-26-21(27(19)12-5-2)30-14-17(28)22-20-25-23-18(6-3)31-20/h5,8-11H,2,4,6-7,12-14H2,1,3H3,(H,22,25,28). The highest BCUT2D eigenvalue weighted by Crippen LogP contribution is 2.26. The fourth-order valence-corrected chi connectivity index (χ4v) is 4.11. The minimum Gasteiger partial charge on any atom is -0.494 e. The van der Waals surface area contributed by atoms with E-state index in [1.165, 1.54) is 23.1 Å². The van der Waals surface area contributed by atoms with Crippen LogP contribution >= 0.6 is 23.1 Å². The Hall–Kier alpha value is -2.72. The van der Waals surface area contributed by atoms with Gasteiger partial charge in [-0.15, -0.1) is 27.0 Å². The van der Waals surface area contributed by atoms with E-state index in [0.717, 1.165) is 41.4 Å². The van der Waals surface area contributed by atoms with Crippen LogP contribution in [0.25, 0.3) is 11.4 Å². The van der Waals surface area contributed by atoms with Gasteiger partial charge in [0.15, 0.2) is 11.0 Å². The number of benzene rings is 1. The number of ether oxygens (including phenoxy) is 1. The topological polar surface area (TPSA) is 94.8 Å². The van der Waals surface area contributed by atoms with Crippen molar-refractivity contribution in [3.05, 3.63) is 41.9 Å². The molecule has 10 heteroatoms. The van der Waals surface area contributed by atoms with E-state index in [1.54, 1.807) is 6.08 Å². The summed E-state index contributed by atoms with van der Waals surface area (Å²) in [5.74, 6) is 1.59. The fourth-order valence-electron chi connectivity index (χ4n) is 2.67. The first-order valence-corrected chi connectivity index (χ1v) is 12.0. The van der Waals surface area contributed by atoms with E-state index in [0.29, 0.717) is 23.4 Å². The zero-order chi connectivity index (χ0) is 22.1. The van der Waals surface area contributed by atoms with Gasteiger partial charge >= 0.3 is 0 Å². The number of thioether (sulfide) groups is 1. The molecule has 0 aliphatic heterocycles. The van der Waals surface area contributed by atoms with Crippen molar-refractivity contribution in [1.82, 2.24) is 25.0 Å². The largest absolute Gasteiger partial charge is 0.494 e. The summed E-state index contributed by atoms with van der Waals surface area (Å²) < 4.78 is 7.67. The zero-order valence-electron chi connectivity index (χ0n) is 17.7. The van der Waals surface area contributed by atoms with Crippen LogP contribution in [0.4, 0.5) is 5.13 Å². The van der Waals surface area contributed by atoms with E-state index in [2.05, 4.69) is 39.2 Å². The number of amides is 1. The van der Waals surface area contributed by atoms with E-state index >= 15 is 0 Å². The third-order valence-corrected chi connectivity index (χ3v) is 6.21. The van der Waals surface area contributed by atoms with Crippen molar-refractivity contribution >= 4 is 34.1 Å². The van der Waals surface area contributed by atoms with E-state index in [9.17, 15) is 4.79 Å². The molecule has 0 radical (unpaired) electrons. The monoisotopic (exact) mass is 458 g/mol. The number of unbranched alkanes of at least 4 members (excludes halogenated alkanes) is 1. The number of rotatable bonds is 12. The third kappa shape index (κ3) is 6.38. The molecule has 1 aromatic carbocycles. The lowest BCUT2D eigenvalue weighted by Crippen LogP contribution is -2.14. The lowest BCUT2D eigenvalue weighted by Gasteiger charge is -2.09. The maximum Gasteiger partial charge on any atom is 0.236 e. The van der Waals surface area contributed by atoms with Gasteiger partial charge in [-0.05, 0) is 37.1 Å². The summed E-state index contributed by atoms with van der Waals surface area (Å²) in [6, 6.07) is 7.80. The number of allylic oxidation sites excluding steroid dienone is 1. The summed E-state index contributed by atoms with van der Waals surface area (Å²) in [6.07, 6.45) is 4.71. The number of carbonyl (C=O) groups excluding carboxylic acids is 1. The van der Waals surface area contributed by atoms with Crippen LogP contribution in [0.3, 0.4) is 0 Å². The Morgan fingerprint density at radius 2 is 2.03 bits per heavy atom. The van der Waals surface area contributed by atoms with Crippen molar-refractivity contribution in [2.45, 2.75) is 44.8 Å². The lowest BCUT2D eigenvalue weighted by atomic mass is 10.2. The first-order valence-electron chi connectivity index (χ1n) is 10.2. The highest BCUT2D eigenvalue weighted by Gasteiger charge is 2.16. The Bertz CT molecular complexity index is 1000. The van der Waals surface area contributed by atoms with Crippen LogP contribution in [0.2, 0.25) is 0 Å². The predicted octanol–water partition coefficient (Wildman–Crippen LogP) is 4.45. The van der Waals surface area contributed by atoms with Gasteiger partial charge in [-0.25, -0.2) is 0 Å². The molecular weight excluding hydrogens is 432 g/mol. The number of nitrogens with one attached hydrogen (secondary N) is 1. The molecule has 2 heterocycles. The number of aromatic nitrogens is 5. The fraction of sp³-hybridized carbons (Fsp3) is 0.381. The minimum atomic E-state index is -0.160. The lowest BCUT2D eigenvalue weighted by molar-refractivity contribution is -0.113. The number of carbonyl (C=O) groups is 1. The van der Waals surface area contributed by atoms with Crippen LogP contribution in [-0.2, 0) is 17.8 Å². The molecule has 0 spiro atoms. The van der Waals surface area contributed by atoms with Gasteiger partial charge in [0.1, 0.15) is 10.8 Å². The molecule has 164 valence electrons. The van der Waals surface area contributed by atoms with Gasteiger partial charge in [-0.2, -0.15) is 0 Å². The van der Waals surface area contributed by atoms with Gasteiger partial charge in [-0.3, -0.25) is 14.7 Å². The van der Waals surface area contributed by atoms with Crippen molar-refractivity contribution in [2.75, 3.05) is 17.7 Å². The summed E-state index contributed by atoms with van der Waals surface area (Å²) in [7, 11) is 0. The molecule has 0 saturated carbocycles. The highest BCUT2D eigenvalue weighted by atomic mass is 32.2. The first kappa shape index (κ1) is 23.0. The molecule has 8 nitrogen and oxygen atoms in total. The number of anilines is 1. The maximum atomic E-state index is 12.3. The summed E-state index contributed by atoms with van der Waals surface area (Å²) in [6.45, 7) is 9.21. The average molecular weight is 459 g/mol. The van der Waals surface area contributed by atoms with Crippen LogP contribution in [0.1, 0.15) is 31.7 Å². The molecular formula is C21H26N6O2S2. The van der Waals surface area contributed by atoms with Crippen LogP contribution in [0, 0.1) is 0 Å². The zero-order valence-corrected chi connectivity index (χ0v) is 19.3. The van der Waals surface area contributed by atoms with Crippen molar-refractivity contribution < 1.29 is 9.53 Å². The molecule has 0 atom stereocenters. The number of hydrogen-bond acceptors (Lipinski definition) is 8. The summed E-state index contributed by atoms with van der Waals surface area (Å²) in [5, 5.41) is 21.4. The Morgan fingerprint density at radius 3 is 2.71 bits per heavy atom. The van der Waals surface area contributed by atoms with Crippen molar-refractivity contribution in [1.29, 1.82) is 0 Å². The van der Waals surface area contributed by atoms with Gasteiger partial charge in [0.2, 0.25) is 11.0 Å². The van der Waals surface area contributed by atoms with Crippen molar-refractivity contribution in [2.24, 2.45) is 0 Å². The normalized spacial score (nSPS) is 10.8. The highest BCUT2D eigenvalue weighted by molar-refractivity contribution is 7.99. The Kier molecular flexibility index (Phi) is 8.60. The predicted molar refractivity (Wildman–Crippen MR) is 125 cm³/mol. The molecule has 0 aliphatic rings. The second-order valence-corrected chi connectivity index (χ2v) is 8.63. The second-order valence-electron chi connectivity index (χ2n) is 6.62. The maximum absolute atomic E-state index is 12.3. The van der Waals surface area contributed by atoms with E-state index in [-0.39, 0.29) is 11.7 Å². The summed E-state index contributed by atoms with van der Waals surface area (Å²) in [4.78, 5) is 12.3. The Morgan fingerprint density at radius 1 is 1.23 bits per heavy atom. The molecule has 0 unspecified atom stereocenters. The molecule has 0 saturated heterocycles. The average Bonchev–Trinajstić information content (AvgIpc) is 3.40. The minimum absolute atomic E-state index is 0.160. The number of nitrogens with zero attached hydrogens (tertiary/aromatic N) is 5. The van der Waals surface area contributed by atoms with E-state index in [4.69, 9.17) is 4.74 Å². The van der Waals surface area contributed by atoms with Crippen LogP contribution in [0.5, 0.6) is 5.75 Å². The van der Waals surface area contributed by atoms with Crippen LogP contribution in [-0.4, -0.2) is 43.2 Å². The molecule has 3 rings (SSSR count). The number of aryl methyl sites for hydroxylation is 1. The Balaban J connectivity index is 1.65. The molecule has 0 fully saturated rings. The Labute approximate surface area is 190 Å². The van der Waals surface area contributed by atoms with E-state index < -0.39 is 0 Å². The smallest absolute Gasteiger partial charge is 0.236 e. The van der Waals surface area contributed by atoms with Gasteiger partial charge in [-0.1, -0.05) is 49.4 Å². The van der Waals surface area contributed by atoms with Gasteiger partial charge in [0.25, 0.3) is 0 Å². The molecule has 1 amide bonds. The first-order chi connectivity index (χ1) is 15.1. The van der Waals surface area contributed by atoms with Crippen molar-refractivity contribution in [3.8, 4) is 17.1 Å². The molecule has 2 aromatic heterocycles. The summed E-state index contributed by atoms with van der Waals surface area (Å²) in [5.41, 5.74) is 0.925. The van der Waals surface area contributed by atoms with Gasteiger partial charge < -0.3 is 4.74 Å². The SMILES string of the molecule is C=CCn1c(SCC(=O)Nc2nnc(CC)s2)nnc1-c1ccc(OCCCC)cc1. The number of hydrogen-bond donors (Lipinski definition) is 1. The molecule has 3 aromatic rings. The van der Waals surface area contributed by atoms with Crippen LogP contribution < -0.4 is 10.1 Å². The van der Waals surface area contributed by atoms with E-state index in [1.807, 2.05) is 35.8 Å². The molecule has 31 heavy (non-hydrogen) atoms. The van der Waals surface area contributed by atoms with Crippen LogP contribution in [0.15, 0.2) is 42.1 Å². The quantitative estimate of drug-likeness (QED) is 0.243. The molecule has 1 N–H and O–H groups in total. The van der Waals surface area contributed by atoms with Crippen molar-refractivity contribution in [3.63, 3.8) is 0 Å². The van der Waals surface area contributed by atoms with Gasteiger partial charge in [0, 0.05) is 12.1 Å². The summed E-state index contributed by atoms with van der Waals surface area (Å²) >= 11 is 2.70. The van der Waals surface area contributed by atoms with Gasteiger partial charge in [0.05, 0.1) is 12.4 Å². The second kappa shape index (κ2) is 11.6. The molecule has 0 bridgehead atoms. The third-order valence-electron chi connectivity index (χ3n) is 4.26. The molecule has 0 aliphatic carbocycles.